The van der Waals surface area contributed by atoms with E-state index in [1.54, 1.807) is 13.8 Å². The van der Waals surface area contributed by atoms with Crippen LogP contribution in [0.15, 0.2) is 16.6 Å². The molecule has 0 radical (unpaired) electrons. The Kier molecular flexibility index (Phi) is 4.22. The Hall–Kier alpha value is -1.63. The molecule has 7 heteroatoms. The van der Waals surface area contributed by atoms with Crippen molar-refractivity contribution in [1.29, 1.82) is 0 Å². The van der Waals surface area contributed by atoms with Gasteiger partial charge in [0.1, 0.15) is 5.75 Å². The summed E-state index contributed by atoms with van der Waals surface area (Å²) in [6.45, 7) is 3.39. The van der Waals surface area contributed by atoms with Gasteiger partial charge in [-0.3, -0.25) is 0 Å². The van der Waals surface area contributed by atoms with E-state index < -0.39 is 34.8 Å². The van der Waals surface area contributed by atoms with E-state index in [4.69, 9.17) is 4.74 Å². The number of aryl methyl sites for hydroxylation is 2. The van der Waals surface area contributed by atoms with E-state index in [1.165, 1.54) is 12.1 Å². The lowest BCUT2D eigenvalue weighted by molar-refractivity contribution is 0.332. The molecule has 0 saturated carbocycles. The largest absolute Gasteiger partial charge is 0.451 e. The first kappa shape index (κ1) is 15.8. The van der Waals surface area contributed by atoms with Crippen molar-refractivity contribution in [2.45, 2.75) is 13.8 Å². The van der Waals surface area contributed by atoms with Crippen molar-refractivity contribution < 1.29 is 26.7 Å². The van der Waals surface area contributed by atoms with E-state index >= 15 is 0 Å². The minimum Gasteiger partial charge on any atom is -0.451 e. The van der Waals surface area contributed by atoms with E-state index in [0.29, 0.717) is 11.1 Å². The Bertz CT molecular complexity index is 678. The van der Waals surface area contributed by atoms with Crippen molar-refractivity contribution in [2.75, 3.05) is 0 Å². The molecule has 0 aliphatic rings. The Morgan fingerprint density at radius 2 is 1.14 bits per heavy atom. The molecule has 21 heavy (non-hydrogen) atoms. The molecule has 0 fully saturated rings. The van der Waals surface area contributed by atoms with Gasteiger partial charge in [0.25, 0.3) is 0 Å². The van der Waals surface area contributed by atoms with Gasteiger partial charge in [-0.25, -0.2) is 13.2 Å². The lowest BCUT2D eigenvalue weighted by atomic mass is 10.1. The summed E-state index contributed by atoms with van der Waals surface area (Å²) >= 11 is 3.29. The number of hydrogen-bond acceptors (Lipinski definition) is 1. The first-order valence-corrected chi connectivity index (χ1v) is 6.49. The lowest BCUT2D eigenvalue weighted by Crippen LogP contribution is -2.04. The van der Waals surface area contributed by atoms with Crippen molar-refractivity contribution in [3.8, 4) is 11.5 Å². The fourth-order valence-electron chi connectivity index (χ4n) is 1.76. The molecule has 0 heterocycles. The molecule has 2 rings (SSSR count). The van der Waals surface area contributed by atoms with Gasteiger partial charge in [-0.05, 0) is 37.1 Å². The molecule has 0 aromatic heterocycles. The summed E-state index contributed by atoms with van der Waals surface area (Å²) < 4.78 is 71.7. The van der Waals surface area contributed by atoms with Crippen LogP contribution in [0.5, 0.6) is 11.5 Å². The molecular weight excluding hydrogens is 359 g/mol. The average Bonchev–Trinajstić information content (AvgIpc) is 2.45. The summed E-state index contributed by atoms with van der Waals surface area (Å²) in [6.07, 6.45) is 0. The van der Waals surface area contributed by atoms with E-state index in [9.17, 15) is 22.0 Å². The summed E-state index contributed by atoms with van der Waals surface area (Å²) in [5.41, 5.74) is 1.38. The number of halogens is 6. The Morgan fingerprint density at radius 1 is 0.762 bits per heavy atom. The molecule has 0 bridgehead atoms. The summed E-state index contributed by atoms with van der Waals surface area (Å²) in [7, 11) is 0. The minimum atomic E-state index is -2.22. The van der Waals surface area contributed by atoms with Gasteiger partial charge in [0, 0.05) is 4.47 Å². The predicted octanol–water partition coefficient (Wildman–Crippen LogP) is 5.55. The molecule has 2 aromatic rings. The first-order valence-electron chi connectivity index (χ1n) is 5.70. The van der Waals surface area contributed by atoms with Gasteiger partial charge in [0.05, 0.1) is 0 Å². The molecule has 0 aliphatic heterocycles. The maximum absolute atomic E-state index is 13.5. The molecular formula is C14H8BrF5O. The molecule has 0 saturated heterocycles. The smallest absolute Gasteiger partial charge is 0.207 e. The van der Waals surface area contributed by atoms with Gasteiger partial charge in [-0.1, -0.05) is 15.9 Å². The standard InChI is InChI=1S/C14H8BrF5O/c1-5-3-7(4-6(2)8(5)15)21-14-12(19)10(17)9(16)11(18)13(14)20/h3-4H,1-2H3. The summed E-state index contributed by atoms with van der Waals surface area (Å²) in [5, 5.41) is 0. The van der Waals surface area contributed by atoms with Gasteiger partial charge in [-0.2, -0.15) is 8.78 Å². The van der Waals surface area contributed by atoms with E-state index in [0.717, 1.165) is 4.47 Å². The van der Waals surface area contributed by atoms with Crippen molar-refractivity contribution in [3.63, 3.8) is 0 Å². The second-order valence-corrected chi connectivity index (χ2v) is 5.17. The monoisotopic (exact) mass is 366 g/mol. The van der Waals surface area contributed by atoms with Crippen molar-refractivity contribution in [2.24, 2.45) is 0 Å². The van der Waals surface area contributed by atoms with Crippen LogP contribution < -0.4 is 4.74 Å². The third-order valence-electron chi connectivity index (χ3n) is 2.80. The van der Waals surface area contributed by atoms with Crippen molar-refractivity contribution in [3.05, 3.63) is 56.8 Å². The van der Waals surface area contributed by atoms with E-state index in [2.05, 4.69) is 15.9 Å². The molecule has 0 spiro atoms. The summed E-state index contributed by atoms with van der Waals surface area (Å²) in [4.78, 5) is 0. The lowest BCUT2D eigenvalue weighted by Gasteiger charge is -2.12. The molecule has 0 amide bonds. The number of rotatable bonds is 2. The number of benzene rings is 2. The quantitative estimate of drug-likeness (QED) is 0.384. The van der Waals surface area contributed by atoms with Crippen LogP contribution in [0.1, 0.15) is 11.1 Å². The normalized spacial score (nSPS) is 10.9. The molecule has 2 aromatic carbocycles. The fourth-order valence-corrected chi connectivity index (χ4v) is 1.99. The summed E-state index contributed by atoms with van der Waals surface area (Å²) in [5.74, 6) is -11.7. The van der Waals surface area contributed by atoms with Crippen LogP contribution in [-0.2, 0) is 0 Å². The van der Waals surface area contributed by atoms with Gasteiger partial charge in [0.2, 0.25) is 34.8 Å². The van der Waals surface area contributed by atoms with E-state index in [1.807, 2.05) is 0 Å². The Balaban J connectivity index is 2.55. The second-order valence-electron chi connectivity index (χ2n) is 4.37. The van der Waals surface area contributed by atoms with E-state index in [-0.39, 0.29) is 5.75 Å². The Labute approximate surface area is 125 Å². The maximum Gasteiger partial charge on any atom is 0.207 e. The zero-order valence-corrected chi connectivity index (χ0v) is 12.4. The number of hydrogen-bond donors (Lipinski definition) is 0. The Morgan fingerprint density at radius 3 is 1.57 bits per heavy atom. The van der Waals surface area contributed by atoms with Gasteiger partial charge < -0.3 is 4.74 Å². The average molecular weight is 367 g/mol. The molecule has 0 atom stereocenters. The highest BCUT2D eigenvalue weighted by Crippen LogP contribution is 2.34. The predicted molar refractivity (Wildman–Crippen MR) is 69.9 cm³/mol. The molecule has 112 valence electrons. The number of ether oxygens (including phenoxy) is 1. The second kappa shape index (κ2) is 5.63. The van der Waals surface area contributed by atoms with Gasteiger partial charge in [-0.15, -0.1) is 0 Å². The van der Waals surface area contributed by atoms with Crippen LogP contribution in [0, 0.1) is 42.9 Å². The molecule has 0 N–H and O–H groups in total. The zero-order valence-electron chi connectivity index (χ0n) is 10.8. The molecule has 0 aliphatic carbocycles. The van der Waals surface area contributed by atoms with Crippen LogP contribution >= 0.6 is 15.9 Å². The SMILES string of the molecule is Cc1cc(Oc2c(F)c(F)c(F)c(F)c2F)cc(C)c1Br. The topological polar surface area (TPSA) is 9.23 Å². The van der Waals surface area contributed by atoms with Gasteiger partial charge in [0.15, 0.2) is 0 Å². The van der Waals surface area contributed by atoms with Gasteiger partial charge >= 0.3 is 0 Å². The van der Waals surface area contributed by atoms with Crippen LogP contribution in [0.4, 0.5) is 22.0 Å². The van der Waals surface area contributed by atoms with Crippen molar-refractivity contribution >= 4 is 15.9 Å². The highest BCUT2D eigenvalue weighted by molar-refractivity contribution is 9.10. The van der Waals surface area contributed by atoms with Crippen LogP contribution in [0.25, 0.3) is 0 Å². The van der Waals surface area contributed by atoms with Crippen molar-refractivity contribution in [1.82, 2.24) is 0 Å². The summed E-state index contributed by atoms with van der Waals surface area (Å²) in [6, 6.07) is 2.82. The van der Waals surface area contributed by atoms with Crippen LogP contribution in [0.2, 0.25) is 0 Å². The van der Waals surface area contributed by atoms with Crippen LogP contribution in [0.3, 0.4) is 0 Å². The highest BCUT2D eigenvalue weighted by atomic mass is 79.9. The molecule has 1 nitrogen and oxygen atoms in total. The fraction of sp³-hybridized carbons (Fsp3) is 0.143. The first-order chi connectivity index (χ1) is 9.73. The third kappa shape index (κ3) is 2.74. The van der Waals surface area contributed by atoms with Crippen LogP contribution in [-0.4, -0.2) is 0 Å². The third-order valence-corrected chi connectivity index (χ3v) is 4.05. The minimum absolute atomic E-state index is 0.0311. The highest BCUT2D eigenvalue weighted by Gasteiger charge is 2.27. The molecule has 0 unspecified atom stereocenters. The zero-order chi connectivity index (χ0) is 15.9. The maximum atomic E-state index is 13.5.